The molecule has 2 aromatic carbocycles. The molecule has 4 aromatic rings. The number of benzene rings is 2. The lowest BCUT2D eigenvalue weighted by atomic mass is 10.2. The van der Waals surface area contributed by atoms with E-state index < -0.39 is 0 Å². The molecule has 3 heteroatoms. The van der Waals surface area contributed by atoms with Gasteiger partial charge in [0.1, 0.15) is 6.33 Å². The first-order valence-corrected chi connectivity index (χ1v) is 6.20. The van der Waals surface area contributed by atoms with E-state index in [1.807, 2.05) is 55.0 Å². The molecule has 19 heavy (non-hydrogen) atoms. The van der Waals surface area contributed by atoms with Crippen LogP contribution < -0.4 is 0 Å². The van der Waals surface area contributed by atoms with Gasteiger partial charge in [0.2, 0.25) is 0 Å². The number of para-hydroxylation sites is 3. The lowest BCUT2D eigenvalue weighted by molar-refractivity contribution is 1.10. The average molecular weight is 245 g/mol. The van der Waals surface area contributed by atoms with Gasteiger partial charge in [0.15, 0.2) is 0 Å². The van der Waals surface area contributed by atoms with Gasteiger partial charge in [-0.15, -0.1) is 0 Å². The summed E-state index contributed by atoms with van der Waals surface area (Å²) in [6.45, 7) is 0. The normalized spacial score (nSPS) is 11.2. The first-order chi connectivity index (χ1) is 9.43. The fourth-order valence-electron chi connectivity index (χ4n) is 2.44. The van der Waals surface area contributed by atoms with Crippen LogP contribution in [0.2, 0.25) is 0 Å². The number of fused-ring (bicyclic) bond motifs is 2. The van der Waals surface area contributed by atoms with Crippen molar-refractivity contribution < 1.29 is 0 Å². The standard InChI is InChI=1S/C16H11N3/c1-2-6-13-12(5-1)15(9-10-17-13)19-11-18-14-7-3-4-8-16(14)19/h1-11H. The van der Waals surface area contributed by atoms with Crippen LogP contribution in [0.15, 0.2) is 67.1 Å². The molecule has 90 valence electrons. The van der Waals surface area contributed by atoms with E-state index in [2.05, 4.69) is 26.7 Å². The zero-order chi connectivity index (χ0) is 12.7. The van der Waals surface area contributed by atoms with Crippen LogP contribution in [0, 0.1) is 0 Å². The van der Waals surface area contributed by atoms with Gasteiger partial charge >= 0.3 is 0 Å². The molecule has 4 rings (SSSR count). The largest absolute Gasteiger partial charge is 0.298 e. The molecule has 0 spiro atoms. The van der Waals surface area contributed by atoms with Gasteiger partial charge in [0.05, 0.1) is 22.2 Å². The quantitative estimate of drug-likeness (QED) is 0.513. The van der Waals surface area contributed by atoms with Gasteiger partial charge in [0.25, 0.3) is 0 Å². The highest BCUT2D eigenvalue weighted by Crippen LogP contribution is 2.23. The summed E-state index contributed by atoms with van der Waals surface area (Å²) in [7, 11) is 0. The molecule has 0 saturated carbocycles. The maximum Gasteiger partial charge on any atom is 0.100 e. The van der Waals surface area contributed by atoms with Crippen molar-refractivity contribution in [2.75, 3.05) is 0 Å². The van der Waals surface area contributed by atoms with Gasteiger partial charge in [-0.25, -0.2) is 4.98 Å². The molecule has 0 unspecified atom stereocenters. The maximum absolute atomic E-state index is 4.44. The van der Waals surface area contributed by atoms with E-state index in [9.17, 15) is 0 Å². The zero-order valence-corrected chi connectivity index (χ0v) is 10.2. The Kier molecular flexibility index (Phi) is 2.12. The van der Waals surface area contributed by atoms with Crippen molar-refractivity contribution in [3.05, 3.63) is 67.1 Å². The molecule has 0 atom stereocenters. The van der Waals surface area contributed by atoms with Crippen molar-refractivity contribution in [2.45, 2.75) is 0 Å². The van der Waals surface area contributed by atoms with Gasteiger partial charge in [-0.3, -0.25) is 9.55 Å². The van der Waals surface area contributed by atoms with Crippen LogP contribution in [0.25, 0.3) is 27.6 Å². The van der Waals surface area contributed by atoms with E-state index in [0.29, 0.717) is 0 Å². The first kappa shape index (κ1) is 10.3. The molecule has 0 radical (unpaired) electrons. The summed E-state index contributed by atoms with van der Waals surface area (Å²) in [6.07, 6.45) is 3.71. The summed E-state index contributed by atoms with van der Waals surface area (Å²) in [4.78, 5) is 8.84. The Morgan fingerprint density at radius 2 is 1.53 bits per heavy atom. The number of nitrogens with zero attached hydrogens (tertiary/aromatic N) is 3. The van der Waals surface area contributed by atoms with Crippen LogP contribution in [0.1, 0.15) is 0 Å². The highest BCUT2D eigenvalue weighted by atomic mass is 15.1. The van der Waals surface area contributed by atoms with Crippen molar-refractivity contribution in [3.63, 3.8) is 0 Å². The second-order valence-corrected chi connectivity index (χ2v) is 4.45. The van der Waals surface area contributed by atoms with Gasteiger partial charge in [-0.1, -0.05) is 30.3 Å². The average Bonchev–Trinajstić information content (AvgIpc) is 2.90. The molecule has 2 aromatic heterocycles. The van der Waals surface area contributed by atoms with Crippen molar-refractivity contribution in [1.29, 1.82) is 0 Å². The van der Waals surface area contributed by atoms with Crippen LogP contribution >= 0.6 is 0 Å². The maximum atomic E-state index is 4.44. The molecule has 0 saturated heterocycles. The van der Waals surface area contributed by atoms with E-state index in [-0.39, 0.29) is 0 Å². The Labute approximate surface area is 110 Å². The van der Waals surface area contributed by atoms with E-state index in [4.69, 9.17) is 0 Å². The second kappa shape index (κ2) is 3.92. The summed E-state index contributed by atoms with van der Waals surface area (Å²) >= 11 is 0. The van der Waals surface area contributed by atoms with Crippen LogP contribution in [0.4, 0.5) is 0 Å². The fourth-order valence-corrected chi connectivity index (χ4v) is 2.44. The fraction of sp³-hybridized carbons (Fsp3) is 0. The predicted molar refractivity (Wildman–Crippen MR) is 76.4 cm³/mol. The Hall–Kier alpha value is -2.68. The van der Waals surface area contributed by atoms with Gasteiger partial charge in [-0.05, 0) is 24.3 Å². The highest BCUT2D eigenvalue weighted by molar-refractivity contribution is 5.89. The van der Waals surface area contributed by atoms with Gasteiger partial charge in [0, 0.05) is 11.6 Å². The summed E-state index contributed by atoms with van der Waals surface area (Å²) in [5.41, 5.74) is 4.22. The molecule has 0 aliphatic rings. The Balaban J connectivity index is 2.10. The molecule has 0 bridgehead atoms. The van der Waals surface area contributed by atoms with Crippen LogP contribution in [0.5, 0.6) is 0 Å². The molecular weight excluding hydrogens is 234 g/mol. The third-order valence-electron chi connectivity index (χ3n) is 3.34. The van der Waals surface area contributed by atoms with Gasteiger partial charge < -0.3 is 0 Å². The zero-order valence-electron chi connectivity index (χ0n) is 10.2. The smallest absolute Gasteiger partial charge is 0.100 e. The molecule has 0 fully saturated rings. The van der Waals surface area contributed by atoms with Crippen molar-refractivity contribution in [1.82, 2.24) is 14.5 Å². The summed E-state index contributed by atoms with van der Waals surface area (Å²) in [5, 5.41) is 1.13. The van der Waals surface area contributed by atoms with Crippen LogP contribution in [-0.4, -0.2) is 14.5 Å². The van der Waals surface area contributed by atoms with E-state index in [1.54, 1.807) is 0 Å². The lowest BCUT2D eigenvalue weighted by Gasteiger charge is -2.07. The van der Waals surface area contributed by atoms with Crippen LogP contribution in [-0.2, 0) is 0 Å². The number of imidazole rings is 1. The van der Waals surface area contributed by atoms with Crippen LogP contribution in [0.3, 0.4) is 0 Å². The van der Waals surface area contributed by atoms with Crippen molar-refractivity contribution in [2.24, 2.45) is 0 Å². The summed E-state index contributed by atoms with van der Waals surface area (Å²) in [5.74, 6) is 0. The third kappa shape index (κ3) is 1.52. The van der Waals surface area contributed by atoms with E-state index in [1.165, 1.54) is 0 Å². The number of hydrogen-bond acceptors (Lipinski definition) is 2. The highest BCUT2D eigenvalue weighted by Gasteiger charge is 2.07. The number of pyridine rings is 1. The molecule has 3 nitrogen and oxygen atoms in total. The predicted octanol–water partition coefficient (Wildman–Crippen LogP) is 3.57. The van der Waals surface area contributed by atoms with Gasteiger partial charge in [-0.2, -0.15) is 0 Å². The Morgan fingerprint density at radius 1 is 0.737 bits per heavy atom. The van der Waals surface area contributed by atoms with Crippen molar-refractivity contribution >= 4 is 21.9 Å². The van der Waals surface area contributed by atoms with Crippen molar-refractivity contribution in [3.8, 4) is 5.69 Å². The number of aromatic nitrogens is 3. The molecule has 0 amide bonds. The minimum Gasteiger partial charge on any atom is -0.298 e. The summed E-state index contributed by atoms with van der Waals surface area (Å²) < 4.78 is 2.11. The molecule has 0 N–H and O–H groups in total. The SMILES string of the molecule is c1ccc2c(-n3cnc4ccccc43)ccnc2c1. The van der Waals surface area contributed by atoms with E-state index in [0.717, 1.165) is 27.6 Å². The second-order valence-electron chi connectivity index (χ2n) is 4.45. The molecular formula is C16H11N3. The molecule has 0 aliphatic carbocycles. The minimum atomic E-state index is 0.998. The monoisotopic (exact) mass is 245 g/mol. The topological polar surface area (TPSA) is 30.7 Å². The Morgan fingerprint density at radius 3 is 2.47 bits per heavy atom. The minimum absolute atomic E-state index is 0.998. The third-order valence-corrected chi connectivity index (χ3v) is 3.34. The number of hydrogen-bond donors (Lipinski definition) is 0. The molecule has 2 heterocycles. The first-order valence-electron chi connectivity index (χ1n) is 6.20. The lowest BCUT2D eigenvalue weighted by Crippen LogP contribution is -1.94. The molecule has 0 aliphatic heterocycles. The number of rotatable bonds is 1. The summed E-state index contributed by atoms with van der Waals surface area (Å²) in [6, 6.07) is 18.3. The Bertz CT molecular complexity index is 872. The van der Waals surface area contributed by atoms with E-state index >= 15 is 0 Å².